The van der Waals surface area contributed by atoms with E-state index in [1.807, 2.05) is 0 Å². The molecule has 1 unspecified atom stereocenters. The summed E-state index contributed by atoms with van der Waals surface area (Å²) in [5.74, 6) is -0.776. The van der Waals surface area contributed by atoms with Crippen molar-refractivity contribution in [2.75, 3.05) is 25.5 Å². The van der Waals surface area contributed by atoms with Crippen molar-refractivity contribution in [3.8, 4) is 11.5 Å². The number of hydrogen-bond donors (Lipinski definition) is 1. The SMILES string of the molecule is CN1CCC(C(=O)OCC(=O)Nc2ccc3c(c2)OC2(CCCC2)O3)CC1=O. The Labute approximate surface area is 163 Å². The lowest BCUT2D eigenvalue weighted by Crippen LogP contribution is -2.39. The minimum Gasteiger partial charge on any atom is -0.455 e. The lowest BCUT2D eigenvalue weighted by atomic mass is 9.97. The van der Waals surface area contributed by atoms with E-state index in [4.69, 9.17) is 14.2 Å². The van der Waals surface area contributed by atoms with Gasteiger partial charge in [0.1, 0.15) is 0 Å². The second-order valence-electron chi connectivity index (χ2n) is 7.64. The van der Waals surface area contributed by atoms with Gasteiger partial charge >= 0.3 is 5.97 Å². The molecule has 1 N–H and O–H groups in total. The molecule has 3 aliphatic rings. The molecule has 1 saturated carbocycles. The third-order valence-electron chi connectivity index (χ3n) is 5.52. The van der Waals surface area contributed by atoms with Gasteiger partial charge in [0.15, 0.2) is 18.1 Å². The molecule has 8 nitrogen and oxygen atoms in total. The van der Waals surface area contributed by atoms with Crippen molar-refractivity contribution in [3.63, 3.8) is 0 Å². The van der Waals surface area contributed by atoms with Crippen LogP contribution in [0.1, 0.15) is 38.5 Å². The van der Waals surface area contributed by atoms with E-state index in [2.05, 4.69) is 5.32 Å². The second kappa shape index (κ2) is 7.33. The largest absolute Gasteiger partial charge is 0.455 e. The highest BCUT2D eigenvalue weighted by Crippen LogP contribution is 2.47. The summed E-state index contributed by atoms with van der Waals surface area (Å²) in [7, 11) is 1.71. The highest BCUT2D eigenvalue weighted by Gasteiger charge is 2.44. The number of nitrogens with one attached hydrogen (secondary N) is 1. The van der Waals surface area contributed by atoms with E-state index in [9.17, 15) is 14.4 Å². The van der Waals surface area contributed by atoms with Crippen LogP contribution < -0.4 is 14.8 Å². The Morgan fingerprint density at radius 2 is 2.00 bits per heavy atom. The van der Waals surface area contributed by atoms with Gasteiger partial charge in [-0.2, -0.15) is 0 Å². The molecular formula is C20H24N2O6. The zero-order chi connectivity index (χ0) is 19.7. The van der Waals surface area contributed by atoms with Crippen molar-refractivity contribution in [1.29, 1.82) is 0 Å². The number of fused-ring (bicyclic) bond motifs is 1. The number of likely N-dealkylation sites (tertiary alicyclic amines) is 1. The van der Waals surface area contributed by atoms with Crippen molar-refractivity contribution in [2.24, 2.45) is 5.92 Å². The normalized spacial score (nSPS) is 22.4. The number of nitrogens with zero attached hydrogens (tertiary/aromatic N) is 1. The quantitative estimate of drug-likeness (QED) is 0.794. The molecule has 2 fully saturated rings. The lowest BCUT2D eigenvalue weighted by Gasteiger charge is -2.27. The van der Waals surface area contributed by atoms with Crippen LogP contribution in [-0.4, -0.2) is 48.7 Å². The van der Waals surface area contributed by atoms with Crippen LogP contribution >= 0.6 is 0 Å². The highest BCUT2D eigenvalue weighted by atomic mass is 16.7. The average Bonchev–Trinajstić information content (AvgIpc) is 3.27. The van der Waals surface area contributed by atoms with Crippen molar-refractivity contribution in [1.82, 2.24) is 4.90 Å². The zero-order valence-electron chi connectivity index (χ0n) is 15.9. The number of benzene rings is 1. The maximum Gasteiger partial charge on any atom is 0.310 e. The smallest absolute Gasteiger partial charge is 0.310 e. The molecule has 1 aliphatic carbocycles. The van der Waals surface area contributed by atoms with Gasteiger partial charge in [-0.1, -0.05) is 0 Å². The van der Waals surface area contributed by atoms with Gasteiger partial charge in [0.05, 0.1) is 5.92 Å². The Morgan fingerprint density at radius 1 is 1.25 bits per heavy atom. The minimum absolute atomic E-state index is 0.0851. The van der Waals surface area contributed by atoms with Gasteiger partial charge in [0, 0.05) is 44.6 Å². The van der Waals surface area contributed by atoms with E-state index in [1.54, 1.807) is 30.1 Å². The van der Waals surface area contributed by atoms with Crippen LogP contribution in [0, 0.1) is 5.92 Å². The molecule has 1 saturated heterocycles. The van der Waals surface area contributed by atoms with E-state index >= 15 is 0 Å². The molecule has 4 rings (SSSR count). The summed E-state index contributed by atoms with van der Waals surface area (Å²) < 4.78 is 17.0. The topological polar surface area (TPSA) is 94.2 Å². The Hall–Kier alpha value is -2.77. The number of amides is 2. The fourth-order valence-electron chi connectivity index (χ4n) is 3.88. The predicted octanol–water partition coefficient (Wildman–Crippen LogP) is 2.08. The Balaban J connectivity index is 1.28. The molecule has 1 atom stereocenters. The number of esters is 1. The van der Waals surface area contributed by atoms with Crippen LogP contribution in [0.5, 0.6) is 11.5 Å². The first-order valence-corrected chi connectivity index (χ1v) is 9.67. The van der Waals surface area contributed by atoms with E-state index in [0.717, 1.165) is 25.7 Å². The van der Waals surface area contributed by atoms with Crippen molar-refractivity contribution in [3.05, 3.63) is 18.2 Å². The van der Waals surface area contributed by atoms with Gasteiger partial charge in [0.25, 0.3) is 11.7 Å². The molecule has 1 spiro atoms. The molecule has 0 radical (unpaired) electrons. The molecule has 1 aromatic carbocycles. The number of ether oxygens (including phenoxy) is 3. The predicted molar refractivity (Wildman–Crippen MR) is 98.8 cm³/mol. The van der Waals surface area contributed by atoms with Crippen LogP contribution in [0.3, 0.4) is 0 Å². The van der Waals surface area contributed by atoms with Crippen LogP contribution in [0.25, 0.3) is 0 Å². The first-order valence-electron chi connectivity index (χ1n) is 9.67. The van der Waals surface area contributed by atoms with E-state index < -0.39 is 30.2 Å². The van der Waals surface area contributed by atoms with Gasteiger partial charge in [0.2, 0.25) is 5.91 Å². The first-order chi connectivity index (χ1) is 13.4. The molecule has 2 heterocycles. The first kappa shape index (κ1) is 18.6. The second-order valence-corrected chi connectivity index (χ2v) is 7.64. The molecule has 28 heavy (non-hydrogen) atoms. The molecular weight excluding hydrogens is 364 g/mol. The summed E-state index contributed by atoms with van der Waals surface area (Å²) >= 11 is 0. The fraction of sp³-hybridized carbons (Fsp3) is 0.550. The van der Waals surface area contributed by atoms with Gasteiger partial charge in [-0.25, -0.2) is 0 Å². The van der Waals surface area contributed by atoms with Crippen LogP contribution in [0.4, 0.5) is 5.69 Å². The van der Waals surface area contributed by atoms with Crippen LogP contribution in [0.15, 0.2) is 18.2 Å². The average molecular weight is 388 g/mol. The summed E-state index contributed by atoms with van der Waals surface area (Å²) in [6.07, 6.45) is 4.54. The van der Waals surface area contributed by atoms with Gasteiger partial charge in [-0.05, 0) is 31.4 Å². The fourth-order valence-corrected chi connectivity index (χ4v) is 3.88. The van der Waals surface area contributed by atoms with Gasteiger partial charge < -0.3 is 24.4 Å². The molecule has 0 aromatic heterocycles. The van der Waals surface area contributed by atoms with Gasteiger partial charge in [-0.15, -0.1) is 0 Å². The number of anilines is 1. The molecule has 0 bridgehead atoms. The van der Waals surface area contributed by atoms with Gasteiger partial charge in [-0.3, -0.25) is 14.4 Å². The minimum atomic E-state index is -0.550. The standard InChI is InChI=1S/C20H24N2O6/c1-22-9-6-13(10-18(22)24)19(25)26-12-17(23)21-14-4-5-15-16(11-14)28-20(27-15)7-2-3-8-20/h4-5,11,13H,2-3,6-10,12H2,1H3,(H,21,23). The van der Waals surface area contributed by atoms with E-state index in [1.165, 1.54) is 0 Å². The molecule has 1 aromatic rings. The third kappa shape index (κ3) is 3.76. The maximum atomic E-state index is 12.1. The summed E-state index contributed by atoms with van der Waals surface area (Å²) in [5.41, 5.74) is 0.549. The van der Waals surface area contributed by atoms with Crippen LogP contribution in [-0.2, 0) is 19.1 Å². The number of rotatable bonds is 4. The molecule has 150 valence electrons. The highest BCUT2D eigenvalue weighted by molar-refractivity contribution is 5.93. The Bertz CT molecular complexity index is 802. The van der Waals surface area contributed by atoms with Crippen LogP contribution in [0.2, 0.25) is 0 Å². The number of carbonyl (C=O) groups excluding carboxylic acids is 3. The Kier molecular flexibility index (Phi) is 4.87. The third-order valence-corrected chi connectivity index (χ3v) is 5.52. The number of piperidine rings is 1. The summed E-state index contributed by atoms with van der Waals surface area (Å²) in [4.78, 5) is 37.5. The Morgan fingerprint density at radius 3 is 2.75 bits per heavy atom. The summed E-state index contributed by atoms with van der Waals surface area (Å²) in [5, 5.41) is 2.70. The van der Waals surface area contributed by atoms with E-state index in [-0.39, 0.29) is 12.3 Å². The molecule has 8 heteroatoms. The molecule has 2 aliphatic heterocycles. The summed E-state index contributed by atoms with van der Waals surface area (Å²) in [6.45, 7) is 0.126. The van der Waals surface area contributed by atoms with Crippen molar-refractivity contribution < 1.29 is 28.6 Å². The van der Waals surface area contributed by atoms with Crippen molar-refractivity contribution >= 4 is 23.5 Å². The number of hydrogen-bond acceptors (Lipinski definition) is 6. The lowest BCUT2D eigenvalue weighted by molar-refractivity contribution is -0.155. The monoisotopic (exact) mass is 388 g/mol. The number of carbonyl (C=O) groups is 3. The van der Waals surface area contributed by atoms with E-state index in [0.29, 0.717) is 30.2 Å². The van der Waals surface area contributed by atoms with Crippen molar-refractivity contribution in [2.45, 2.75) is 44.3 Å². The zero-order valence-corrected chi connectivity index (χ0v) is 15.9. The molecule has 2 amide bonds. The summed E-state index contributed by atoms with van der Waals surface area (Å²) in [6, 6.07) is 5.22. The maximum absolute atomic E-state index is 12.1.